The summed E-state index contributed by atoms with van der Waals surface area (Å²) in [6.07, 6.45) is 1.05. The molecule has 1 heterocycles. The number of rotatable bonds is 4. The number of nitrogens with zero attached hydrogens (tertiary/aromatic N) is 2. The van der Waals surface area contributed by atoms with Gasteiger partial charge in [-0.05, 0) is 32.8 Å². The van der Waals surface area contributed by atoms with Crippen LogP contribution in [0.3, 0.4) is 0 Å². The van der Waals surface area contributed by atoms with E-state index < -0.39 is 14.6 Å². The molecular weight excluding hydrogens is 461 g/mol. The Morgan fingerprint density at radius 2 is 1.88 bits per heavy atom. The van der Waals surface area contributed by atoms with Gasteiger partial charge in [0.05, 0.1) is 10.5 Å². The molecule has 2 rings (SSSR count). The third-order valence-corrected chi connectivity index (χ3v) is 7.65. The summed E-state index contributed by atoms with van der Waals surface area (Å²) in [6.45, 7) is 9.67. The van der Waals surface area contributed by atoms with Crippen LogP contribution in [0.15, 0.2) is 35.3 Å². The molecule has 1 aliphatic heterocycles. The first kappa shape index (κ1) is 23.2. The number of hydrogen-bond acceptors (Lipinski definition) is 3. The van der Waals surface area contributed by atoms with Crippen LogP contribution >= 0.6 is 24.0 Å². The fraction of sp³-hybridized carbons (Fsp3) is 0.632. The molecular formula is C19H32IN3O2S. The van der Waals surface area contributed by atoms with E-state index in [-0.39, 0.29) is 35.1 Å². The number of sulfone groups is 1. The summed E-state index contributed by atoms with van der Waals surface area (Å²) in [4.78, 5) is 6.57. The lowest BCUT2D eigenvalue weighted by Crippen LogP contribution is -2.44. The Morgan fingerprint density at radius 1 is 1.27 bits per heavy atom. The molecule has 1 aromatic rings. The SMILES string of the molecule is CN=C(NCCS(=O)(=O)C(C)(C)C)N1CCC(C)(c2ccccc2)C1.I. The van der Waals surface area contributed by atoms with Crippen LogP contribution < -0.4 is 5.32 Å². The molecule has 0 aliphatic carbocycles. The van der Waals surface area contributed by atoms with Gasteiger partial charge < -0.3 is 10.2 Å². The van der Waals surface area contributed by atoms with Gasteiger partial charge in [0.1, 0.15) is 0 Å². The van der Waals surface area contributed by atoms with Crippen molar-refractivity contribution in [3.05, 3.63) is 35.9 Å². The van der Waals surface area contributed by atoms with Gasteiger partial charge in [-0.15, -0.1) is 24.0 Å². The molecule has 0 amide bonds. The summed E-state index contributed by atoms with van der Waals surface area (Å²) in [5.74, 6) is 0.892. The van der Waals surface area contributed by atoms with Crippen LogP contribution in [-0.2, 0) is 15.3 Å². The zero-order valence-electron chi connectivity index (χ0n) is 16.4. The molecule has 1 aromatic carbocycles. The normalized spacial score (nSPS) is 21.4. The van der Waals surface area contributed by atoms with E-state index in [2.05, 4.69) is 46.4 Å². The van der Waals surface area contributed by atoms with Gasteiger partial charge in [0.15, 0.2) is 15.8 Å². The second-order valence-corrected chi connectivity index (χ2v) is 10.9. The van der Waals surface area contributed by atoms with E-state index >= 15 is 0 Å². The Bertz CT molecular complexity index is 714. The molecule has 148 valence electrons. The monoisotopic (exact) mass is 493 g/mol. The van der Waals surface area contributed by atoms with Crippen LogP contribution in [0.25, 0.3) is 0 Å². The minimum absolute atomic E-state index is 0. The molecule has 1 fully saturated rings. The summed E-state index contributed by atoms with van der Waals surface area (Å²) in [5.41, 5.74) is 1.43. The molecule has 1 unspecified atom stereocenters. The summed E-state index contributed by atoms with van der Waals surface area (Å²) < 4.78 is 23.8. The van der Waals surface area contributed by atoms with E-state index in [9.17, 15) is 8.42 Å². The number of guanidine groups is 1. The van der Waals surface area contributed by atoms with Crippen LogP contribution in [0, 0.1) is 0 Å². The molecule has 5 nitrogen and oxygen atoms in total. The number of nitrogens with one attached hydrogen (secondary N) is 1. The summed E-state index contributed by atoms with van der Waals surface area (Å²) in [6, 6.07) is 10.5. The summed E-state index contributed by atoms with van der Waals surface area (Å²) in [5, 5.41) is 3.23. The molecule has 0 spiro atoms. The maximum Gasteiger partial charge on any atom is 0.193 e. The highest BCUT2D eigenvalue weighted by Crippen LogP contribution is 2.33. The third kappa shape index (κ3) is 5.34. The largest absolute Gasteiger partial charge is 0.355 e. The Kier molecular flexibility index (Phi) is 7.95. The highest BCUT2D eigenvalue weighted by atomic mass is 127. The van der Waals surface area contributed by atoms with Crippen molar-refractivity contribution in [1.82, 2.24) is 10.2 Å². The number of aliphatic imine (C=N–C) groups is 1. The van der Waals surface area contributed by atoms with E-state index in [0.29, 0.717) is 6.54 Å². The van der Waals surface area contributed by atoms with Crippen molar-refractivity contribution in [3.63, 3.8) is 0 Å². The maximum absolute atomic E-state index is 12.2. The summed E-state index contributed by atoms with van der Waals surface area (Å²) in [7, 11) is -1.38. The van der Waals surface area contributed by atoms with Crippen molar-refractivity contribution in [2.45, 2.75) is 44.3 Å². The second-order valence-electron chi connectivity index (χ2n) is 8.00. The highest BCUT2D eigenvalue weighted by molar-refractivity contribution is 14.0. The van der Waals surface area contributed by atoms with Crippen molar-refractivity contribution >= 4 is 39.8 Å². The van der Waals surface area contributed by atoms with Crippen molar-refractivity contribution in [2.24, 2.45) is 4.99 Å². The minimum atomic E-state index is -3.13. The van der Waals surface area contributed by atoms with E-state index in [1.807, 2.05) is 6.07 Å². The number of halogens is 1. The molecule has 1 N–H and O–H groups in total. The third-order valence-electron chi connectivity index (χ3n) is 5.04. The molecule has 0 saturated carbocycles. The number of hydrogen-bond donors (Lipinski definition) is 1. The van der Waals surface area contributed by atoms with Gasteiger partial charge in [-0.3, -0.25) is 4.99 Å². The Hall–Kier alpha value is -0.830. The quantitative estimate of drug-likeness (QED) is 0.398. The molecule has 0 aromatic heterocycles. The van der Waals surface area contributed by atoms with Gasteiger partial charge in [-0.2, -0.15) is 0 Å². The molecule has 0 bridgehead atoms. The fourth-order valence-corrected chi connectivity index (χ4v) is 4.14. The maximum atomic E-state index is 12.2. The molecule has 7 heteroatoms. The lowest BCUT2D eigenvalue weighted by molar-refractivity contribution is 0.439. The first-order valence-corrected chi connectivity index (χ1v) is 10.5. The van der Waals surface area contributed by atoms with Gasteiger partial charge in [0, 0.05) is 32.1 Å². The Labute approximate surface area is 175 Å². The van der Waals surface area contributed by atoms with E-state index in [4.69, 9.17) is 0 Å². The average Bonchev–Trinajstić information content (AvgIpc) is 2.95. The van der Waals surface area contributed by atoms with E-state index in [1.54, 1.807) is 27.8 Å². The smallest absolute Gasteiger partial charge is 0.193 e. The standard InChI is InChI=1S/C19H31N3O2S.HI/c1-18(2,3)25(23,24)14-12-21-17(20-5)22-13-11-19(4,15-22)16-9-7-6-8-10-16;/h6-10H,11-15H2,1-5H3,(H,20,21);1H. The van der Waals surface area contributed by atoms with Crippen LogP contribution in [0.5, 0.6) is 0 Å². The molecule has 26 heavy (non-hydrogen) atoms. The van der Waals surface area contributed by atoms with Crippen LogP contribution in [0.1, 0.15) is 39.7 Å². The zero-order valence-corrected chi connectivity index (χ0v) is 19.6. The molecule has 0 radical (unpaired) electrons. The predicted octanol–water partition coefficient (Wildman–Crippen LogP) is 3.06. The zero-order chi connectivity index (χ0) is 18.7. The average molecular weight is 493 g/mol. The van der Waals surface area contributed by atoms with Crippen LogP contribution in [0.2, 0.25) is 0 Å². The van der Waals surface area contributed by atoms with Crippen molar-refractivity contribution in [2.75, 3.05) is 32.4 Å². The van der Waals surface area contributed by atoms with Crippen molar-refractivity contribution < 1.29 is 8.42 Å². The van der Waals surface area contributed by atoms with Gasteiger partial charge in [0.25, 0.3) is 0 Å². The molecule has 1 saturated heterocycles. The Morgan fingerprint density at radius 3 is 2.42 bits per heavy atom. The lowest BCUT2D eigenvalue weighted by atomic mass is 9.82. The van der Waals surface area contributed by atoms with Gasteiger partial charge in [-0.1, -0.05) is 37.3 Å². The number of likely N-dealkylation sites (tertiary alicyclic amines) is 1. The van der Waals surface area contributed by atoms with Crippen molar-refractivity contribution in [3.8, 4) is 0 Å². The van der Waals surface area contributed by atoms with Crippen LogP contribution in [-0.4, -0.2) is 56.5 Å². The fourth-order valence-electron chi connectivity index (χ4n) is 3.15. The minimum Gasteiger partial charge on any atom is -0.355 e. The Balaban J connectivity index is 0.00000338. The second kappa shape index (κ2) is 8.91. The summed E-state index contributed by atoms with van der Waals surface area (Å²) >= 11 is 0. The number of benzene rings is 1. The van der Waals surface area contributed by atoms with Crippen LogP contribution in [0.4, 0.5) is 0 Å². The topological polar surface area (TPSA) is 61.8 Å². The van der Waals surface area contributed by atoms with E-state index in [1.165, 1.54) is 5.56 Å². The van der Waals surface area contributed by atoms with Gasteiger partial charge >= 0.3 is 0 Å². The van der Waals surface area contributed by atoms with Gasteiger partial charge in [0.2, 0.25) is 0 Å². The van der Waals surface area contributed by atoms with E-state index in [0.717, 1.165) is 25.5 Å². The van der Waals surface area contributed by atoms with Crippen molar-refractivity contribution in [1.29, 1.82) is 0 Å². The molecule has 1 aliphatic rings. The predicted molar refractivity (Wildman–Crippen MR) is 120 cm³/mol. The highest BCUT2D eigenvalue weighted by Gasteiger charge is 2.36. The first-order chi connectivity index (χ1) is 11.6. The lowest BCUT2D eigenvalue weighted by Gasteiger charge is -2.27. The van der Waals surface area contributed by atoms with Gasteiger partial charge in [-0.25, -0.2) is 8.42 Å². The first-order valence-electron chi connectivity index (χ1n) is 8.82. The molecule has 1 atom stereocenters.